The number of nitrogens with one attached hydrogen (secondary N) is 2. The van der Waals surface area contributed by atoms with Gasteiger partial charge < -0.3 is 15.4 Å². The topological polar surface area (TPSA) is 50.4 Å². The molecular formula is C11H22N2O2S. The van der Waals surface area contributed by atoms with Crippen LogP contribution in [0.2, 0.25) is 0 Å². The summed E-state index contributed by atoms with van der Waals surface area (Å²) in [5.74, 6) is 0. The molecule has 3 unspecified atom stereocenters. The zero-order valence-electron chi connectivity index (χ0n) is 10.3. The van der Waals surface area contributed by atoms with Crippen LogP contribution in [-0.2, 0) is 4.74 Å². The van der Waals surface area contributed by atoms with Crippen molar-refractivity contribution >= 4 is 17.8 Å². The van der Waals surface area contributed by atoms with E-state index in [1.165, 1.54) is 0 Å². The Morgan fingerprint density at radius 3 is 2.88 bits per heavy atom. The van der Waals surface area contributed by atoms with E-state index in [2.05, 4.69) is 17.6 Å². The molecule has 0 aromatic carbocycles. The van der Waals surface area contributed by atoms with Gasteiger partial charge in [-0.3, -0.25) is 0 Å². The fourth-order valence-electron chi connectivity index (χ4n) is 1.67. The van der Waals surface area contributed by atoms with E-state index >= 15 is 0 Å². The minimum atomic E-state index is -0.0936. The van der Waals surface area contributed by atoms with Gasteiger partial charge in [-0.15, -0.1) is 0 Å². The molecule has 4 nitrogen and oxygen atoms in total. The first-order valence-corrected chi connectivity index (χ1v) is 7.11. The Bertz CT molecular complexity index is 220. The SMILES string of the molecule is CSC(C)CNC(=O)NC(C)C1CCCO1. The Morgan fingerprint density at radius 1 is 1.56 bits per heavy atom. The van der Waals surface area contributed by atoms with Crippen LogP contribution in [0, 0.1) is 0 Å². The summed E-state index contributed by atoms with van der Waals surface area (Å²) in [7, 11) is 0. The molecule has 0 radical (unpaired) electrons. The smallest absolute Gasteiger partial charge is 0.315 e. The highest BCUT2D eigenvalue weighted by Crippen LogP contribution is 2.15. The Hall–Kier alpha value is -0.420. The lowest BCUT2D eigenvalue weighted by molar-refractivity contribution is 0.0860. The Kier molecular flexibility index (Phi) is 5.98. The minimum Gasteiger partial charge on any atom is -0.376 e. The van der Waals surface area contributed by atoms with Crippen molar-refractivity contribution in [2.24, 2.45) is 0 Å². The summed E-state index contributed by atoms with van der Waals surface area (Å²) in [4.78, 5) is 11.5. The van der Waals surface area contributed by atoms with Gasteiger partial charge in [0.05, 0.1) is 12.1 Å². The van der Waals surface area contributed by atoms with Crippen molar-refractivity contribution in [2.75, 3.05) is 19.4 Å². The minimum absolute atomic E-state index is 0.0899. The summed E-state index contributed by atoms with van der Waals surface area (Å²) in [6.45, 7) is 5.61. The van der Waals surface area contributed by atoms with Crippen LogP contribution < -0.4 is 10.6 Å². The number of thioether (sulfide) groups is 1. The second-order valence-electron chi connectivity index (χ2n) is 4.24. The number of rotatable bonds is 5. The molecule has 5 heteroatoms. The number of carbonyl (C=O) groups excluding carboxylic acids is 1. The van der Waals surface area contributed by atoms with Gasteiger partial charge in [-0.2, -0.15) is 11.8 Å². The number of urea groups is 1. The maximum Gasteiger partial charge on any atom is 0.315 e. The van der Waals surface area contributed by atoms with Crippen molar-refractivity contribution < 1.29 is 9.53 Å². The van der Waals surface area contributed by atoms with E-state index in [-0.39, 0.29) is 18.2 Å². The molecule has 0 saturated carbocycles. The molecule has 0 spiro atoms. The third-order valence-electron chi connectivity index (χ3n) is 2.83. The van der Waals surface area contributed by atoms with E-state index in [9.17, 15) is 4.79 Å². The first kappa shape index (κ1) is 13.6. The van der Waals surface area contributed by atoms with E-state index in [1.54, 1.807) is 11.8 Å². The largest absolute Gasteiger partial charge is 0.376 e. The summed E-state index contributed by atoms with van der Waals surface area (Å²) in [5, 5.41) is 6.23. The van der Waals surface area contributed by atoms with E-state index in [0.29, 0.717) is 11.8 Å². The van der Waals surface area contributed by atoms with Crippen LogP contribution in [-0.4, -0.2) is 42.8 Å². The number of ether oxygens (including phenoxy) is 1. The molecule has 0 aromatic heterocycles. The van der Waals surface area contributed by atoms with Crippen molar-refractivity contribution in [1.29, 1.82) is 0 Å². The average molecular weight is 246 g/mol. The number of amides is 2. The monoisotopic (exact) mass is 246 g/mol. The predicted molar refractivity (Wildman–Crippen MR) is 67.9 cm³/mol. The zero-order valence-corrected chi connectivity index (χ0v) is 11.1. The number of carbonyl (C=O) groups is 1. The third-order valence-corrected chi connectivity index (χ3v) is 3.81. The van der Waals surface area contributed by atoms with Crippen molar-refractivity contribution in [1.82, 2.24) is 10.6 Å². The zero-order chi connectivity index (χ0) is 12.0. The lowest BCUT2D eigenvalue weighted by Gasteiger charge is -2.20. The molecule has 1 aliphatic heterocycles. The van der Waals surface area contributed by atoms with Crippen LogP contribution >= 0.6 is 11.8 Å². The van der Waals surface area contributed by atoms with E-state index in [1.807, 2.05) is 13.2 Å². The average Bonchev–Trinajstić information content (AvgIpc) is 2.79. The fourth-order valence-corrected chi connectivity index (χ4v) is 1.92. The molecule has 16 heavy (non-hydrogen) atoms. The molecule has 2 amide bonds. The molecule has 0 aromatic rings. The van der Waals surface area contributed by atoms with Crippen LogP contribution in [0.4, 0.5) is 4.79 Å². The molecule has 94 valence electrons. The van der Waals surface area contributed by atoms with Crippen LogP contribution in [0.1, 0.15) is 26.7 Å². The highest BCUT2D eigenvalue weighted by molar-refractivity contribution is 7.99. The lowest BCUT2D eigenvalue weighted by atomic mass is 10.1. The molecule has 2 N–H and O–H groups in total. The lowest BCUT2D eigenvalue weighted by Crippen LogP contribution is -2.47. The van der Waals surface area contributed by atoms with Gasteiger partial charge in [0.1, 0.15) is 0 Å². The Balaban J connectivity index is 2.17. The number of hydrogen-bond acceptors (Lipinski definition) is 3. The maximum atomic E-state index is 11.5. The third kappa shape index (κ3) is 4.61. The summed E-state index contributed by atoms with van der Waals surface area (Å²) in [5.41, 5.74) is 0. The summed E-state index contributed by atoms with van der Waals surface area (Å²) < 4.78 is 5.52. The Morgan fingerprint density at radius 2 is 2.31 bits per heavy atom. The first-order chi connectivity index (χ1) is 7.63. The molecular weight excluding hydrogens is 224 g/mol. The molecule has 0 aliphatic carbocycles. The van der Waals surface area contributed by atoms with Crippen molar-refractivity contribution in [3.05, 3.63) is 0 Å². The fraction of sp³-hybridized carbons (Fsp3) is 0.909. The quantitative estimate of drug-likeness (QED) is 0.775. The molecule has 1 fully saturated rings. The van der Waals surface area contributed by atoms with Crippen molar-refractivity contribution in [3.63, 3.8) is 0 Å². The van der Waals surface area contributed by atoms with Crippen LogP contribution in [0.5, 0.6) is 0 Å². The molecule has 0 bridgehead atoms. The number of hydrogen-bond donors (Lipinski definition) is 2. The van der Waals surface area contributed by atoms with Gasteiger partial charge in [-0.1, -0.05) is 6.92 Å². The summed E-state index contributed by atoms with van der Waals surface area (Å²) in [6.07, 6.45) is 4.37. The van der Waals surface area contributed by atoms with Gasteiger partial charge in [0.15, 0.2) is 0 Å². The second-order valence-corrected chi connectivity index (χ2v) is 5.52. The highest BCUT2D eigenvalue weighted by atomic mass is 32.2. The van der Waals surface area contributed by atoms with Crippen LogP contribution in [0.3, 0.4) is 0 Å². The standard InChI is InChI=1S/C11H22N2O2S/c1-8(16-3)7-12-11(14)13-9(2)10-5-4-6-15-10/h8-10H,4-7H2,1-3H3,(H2,12,13,14). The van der Waals surface area contributed by atoms with Gasteiger partial charge >= 0.3 is 6.03 Å². The van der Waals surface area contributed by atoms with E-state index in [0.717, 1.165) is 19.4 Å². The molecule has 1 saturated heterocycles. The summed E-state index contributed by atoms with van der Waals surface area (Å²) >= 11 is 1.74. The predicted octanol–water partition coefficient (Wildman–Crippen LogP) is 1.60. The van der Waals surface area contributed by atoms with E-state index < -0.39 is 0 Å². The van der Waals surface area contributed by atoms with Gasteiger partial charge in [-0.05, 0) is 26.0 Å². The van der Waals surface area contributed by atoms with Crippen LogP contribution in [0.15, 0.2) is 0 Å². The van der Waals surface area contributed by atoms with E-state index in [4.69, 9.17) is 4.74 Å². The molecule has 1 heterocycles. The van der Waals surface area contributed by atoms with Gasteiger partial charge in [0.2, 0.25) is 0 Å². The highest BCUT2D eigenvalue weighted by Gasteiger charge is 2.23. The Labute approximate surface area is 102 Å². The normalized spacial score (nSPS) is 23.8. The molecule has 3 atom stereocenters. The van der Waals surface area contributed by atoms with Crippen LogP contribution in [0.25, 0.3) is 0 Å². The van der Waals surface area contributed by atoms with Gasteiger partial charge in [0.25, 0.3) is 0 Å². The maximum absolute atomic E-state index is 11.5. The van der Waals surface area contributed by atoms with Crippen molar-refractivity contribution in [2.45, 2.75) is 44.1 Å². The first-order valence-electron chi connectivity index (χ1n) is 5.82. The van der Waals surface area contributed by atoms with Gasteiger partial charge in [-0.25, -0.2) is 4.79 Å². The van der Waals surface area contributed by atoms with Crippen molar-refractivity contribution in [3.8, 4) is 0 Å². The molecule has 1 rings (SSSR count). The summed E-state index contributed by atoms with van der Waals surface area (Å²) in [6, 6.07) is -0.00372. The van der Waals surface area contributed by atoms with Gasteiger partial charge in [0, 0.05) is 18.4 Å². The molecule has 1 aliphatic rings. The second kappa shape index (κ2) is 7.01.